The van der Waals surface area contributed by atoms with Crippen molar-refractivity contribution < 1.29 is 14.4 Å². The van der Waals surface area contributed by atoms with Gasteiger partial charge in [0.1, 0.15) is 0 Å². The van der Waals surface area contributed by atoms with Gasteiger partial charge in [0.2, 0.25) is 17.7 Å². The van der Waals surface area contributed by atoms with Crippen LogP contribution >= 0.6 is 0 Å². The number of rotatable bonds is 4. The molecule has 0 saturated carbocycles. The van der Waals surface area contributed by atoms with Crippen LogP contribution in [0.1, 0.15) is 30.7 Å². The smallest absolute Gasteiger partial charge is 0.230 e. The number of para-hydroxylation sites is 1. The van der Waals surface area contributed by atoms with Gasteiger partial charge in [0.25, 0.3) is 0 Å². The van der Waals surface area contributed by atoms with Gasteiger partial charge in [0.15, 0.2) is 0 Å². The number of nitrogens with one attached hydrogen (secondary N) is 2. The number of carbonyl (C=O) groups is 3. The largest absolute Gasteiger partial charge is 0.355 e. The summed E-state index contributed by atoms with van der Waals surface area (Å²) in [6.45, 7) is 1.86. The zero-order valence-electron chi connectivity index (χ0n) is 14.2. The summed E-state index contributed by atoms with van der Waals surface area (Å²) in [5.41, 5.74) is 6.97. The SMILES string of the molecule is NCCNC(=O)C1CCCN(C(=O)C2CC(=O)Nc3ccccc32)C1. The van der Waals surface area contributed by atoms with Gasteiger partial charge in [0, 0.05) is 38.3 Å². The number of amides is 3. The van der Waals surface area contributed by atoms with E-state index < -0.39 is 5.92 Å². The Labute approximate surface area is 146 Å². The number of piperidine rings is 1. The minimum absolute atomic E-state index is 0.0512. The normalized spacial score (nSPS) is 22.8. The number of fused-ring (bicyclic) bond motifs is 1. The van der Waals surface area contributed by atoms with Gasteiger partial charge in [-0.25, -0.2) is 0 Å². The Hall–Kier alpha value is -2.41. The van der Waals surface area contributed by atoms with Gasteiger partial charge >= 0.3 is 0 Å². The molecule has 134 valence electrons. The quantitative estimate of drug-likeness (QED) is 0.736. The lowest BCUT2D eigenvalue weighted by atomic mass is 9.88. The van der Waals surface area contributed by atoms with Crippen LogP contribution in [-0.4, -0.2) is 48.8 Å². The molecule has 1 aromatic rings. The Kier molecular flexibility index (Phi) is 5.33. The van der Waals surface area contributed by atoms with Crippen LogP contribution in [0.5, 0.6) is 0 Å². The molecule has 7 nitrogen and oxygen atoms in total. The monoisotopic (exact) mass is 344 g/mol. The van der Waals surface area contributed by atoms with Gasteiger partial charge in [0.05, 0.1) is 11.8 Å². The molecule has 1 aromatic carbocycles. The molecule has 2 unspecified atom stereocenters. The van der Waals surface area contributed by atoms with Crippen LogP contribution in [-0.2, 0) is 14.4 Å². The minimum atomic E-state index is -0.476. The average molecular weight is 344 g/mol. The summed E-state index contributed by atoms with van der Waals surface area (Å²) in [6, 6.07) is 7.40. The summed E-state index contributed by atoms with van der Waals surface area (Å²) < 4.78 is 0. The number of nitrogens with two attached hydrogens (primary N) is 1. The van der Waals surface area contributed by atoms with Crippen molar-refractivity contribution in [2.45, 2.75) is 25.2 Å². The number of carbonyl (C=O) groups excluding carboxylic acids is 3. The van der Waals surface area contributed by atoms with E-state index in [1.807, 2.05) is 24.3 Å². The molecule has 2 aliphatic rings. The molecule has 3 amide bonds. The molecule has 2 heterocycles. The zero-order chi connectivity index (χ0) is 17.8. The number of likely N-dealkylation sites (tertiary alicyclic amines) is 1. The predicted molar refractivity (Wildman–Crippen MR) is 93.8 cm³/mol. The van der Waals surface area contributed by atoms with Crippen molar-refractivity contribution in [2.75, 3.05) is 31.5 Å². The molecule has 7 heteroatoms. The summed E-state index contributed by atoms with van der Waals surface area (Å²) in [5, 5.41) is 5.61. The van der Waals surface area contributed by atoms with Crippen molar-refractivity contribution in [2.24, 2.45) is 11.7 Å². The van der Waals surface area contributed by atoms with Crippen LogP contribution < -0.4 is 16.4 Å². The van der Waals surface area contributed by atoms with Crippen LogP contribution in [0, 0.1) is 5.92 Å². The topological polar surface area (TPSA) is 105 Å². The molecule has 1 fully saturated rings. The second-order valence-electron chi connectivity index (χ2n) is 6.60. The molecular weight excluding hydrogens is 320 g/mol. The van der Waals surface area contributed by atoms with Crippen molar-refractivity contribution in [3.8, 4) is 0 Å². The van der Waals surface area contributed by atoms with Gasteiger partial charge in [-0.2, -0.15) is 0 Å². The molecule has 0 spiro atoms. The first-order valence-electron chi connectivity index (χ1n) is 8.75. The van der Waals surface area contributed by atoms with Gasteiger partial charge in [-0.3, -0.25) is 14.4 Å². The van der Waals surface area contributed by atoms with E-state index in [0.717, 1.165) is 18.4 Å². The maximum absolute atomic E-state index is 13.0. The van der Waals surface area contributed by atoms with E-state index in [2.05, 4.69) is 10.6 Å². The highest BCUT2D eigenvalue weighted by Gasteiger charge is 2.36. The van der Waals surface area contributed by atoms with Crippen LogP contribution in [0.2, 0.25) is 0 Å². The summed E-state index contributed by atoms with van der Waals surface area (Å²) in [7, 11) is 0. The fourth-order valence-corrected chi connectivity index (χ4v) is 3.58. The van der Waals surface area contributed by atoms with Crippen LogP contribution in [0.3, 0.4) is 0 Å². The summed E-state index contributed by atoms with van der Waals surface area (Å²) in [6.07, 6.45) is 1.70. The van der Waals surface area contributed by atoms with E-state index >= 15 is 0 Å². The number of hydrogen-bond acceptors (Lipinski definition) is 4. The van der Waals surface area contributed by atoms with E-state index in [1.165, 1.54) is 0 Å². The van der Waals surface area contributed by atoms with E-state index in [1.54, 1.807) is 4.90 Å². The van der Waals surface area contributed by atoms with Crippen molar-refractivity contribution in [1.82, 2.24) is 10.2 Å². The molecule has 0 bridgehead atoms. The Bertz CT molecular complexity index is 676. The van der Waals surface area contributed by atoms with Gasteiger partial charge < -0.3 is 21.3 Å². The van der Waals surface area contributed by atoms with E-state index in [4.69, 9.17) is 5.73 Å². The molecule has 4 N–H and O–H groups in total. The number of benzene rings is 1. The first kappa shape index (κ1) is 17.4. The third kappa shape index (κ3) is 3.82. The molecule has 0 aliphatic carbocycles. The Morgan fingerprint density at radius 1 is 1.32 bits per heavy atom. The zero-order valence-corrected chi connectivity index (χ0v) is 14.2. The summed E-state index contributed by atoms with van der Waals surface area (Å²) in [4.78, 5) is 38.9. The molecule has 3 rings (SSSR count). The first-order chi connectivity index (χ1) is 12.1. The van der Waals surface area contributed by atoms with Gasteiger partial charge in [-0.05, 0) is 24.5 Å². The number of hydrogen-bond donors (Lipinski definition) is 3. The molecule has 2 atom stereocenters. The fourth-order valence-electron chi connectivity index (χ4n) is 3.58. The van der Waals surface area contributed by atoms with Crippen LogP contribution in [0.15, 0.2) is 24.3 Å². The van der Waals surface area contributed by atoms with E-state index in [0.29, 0.717) is 31.9 Å². The van der Waals surface area contributed by atoms with E-state index in [-0.39, 0.29) is 30.1 Å². The Morgan fingerprint density at radius 3 is 2.92 bits per heavy atom. The molecular formula is C18H24N4O3. The number of nitrogens with zero attached hydrogens (tertiary/aromatic N) is 1. The highest BCUT2D eigenvalue weighted by molar-refractivity contribution is 6.01. The molecule has 2 aliphatic heterocycles. The molecule has 0 aromatic heterocycles. The van der Waals surface area contributed by atoms with Crippen molar-refractivity contribution in [1.29, 1.82) is 0 Å². The third-order valence-corrected chi connectivity index (χ3v) is 4.85. The lowest BCUT2D eigenvalue weighted by Crippen LogP contribution is -2.48. The highest BCUT2D eigenvalue weighted by Crippen LogP contribution is 2.34. The van der Waals surface area contributed by atoms with E-state index in [9.17, 15) is 14.4 Å². The average Bonchev–Trinajstić information content (AvgIpc) is 2.64. The molecule has 25 heavy (non-hydrogen) atoms. The Balaban J connectivity index is 1.72. The minimum Gasteiger partial charge on any atom is -0.355 e. The standard InChI is InChI=1S/C18H24N4O3/c19-7-8-20-17(24)12-4-3-9-22(11-12)18(25)14-10-16(23)21-15-6-2-1-5-13(14)15/h1-2,5-6,12,14H,3-4,7-11,19H2,(H,20,24)(H,21,23). The molecule has 1 saturated heterocycles. The second-order valence-corrected chi connectivity index (χ2v) is 6.60. The summed E-state index contributed by atoms with van der Waals surface area (Å²) in [5.74, 6) is -0.956. The van der Waals surface area contributed by atoms with Crippen LogP contribution in [0.25, 0.3) is 0 Å². The molecule has 0 radical (unpaired) electrons. The van der Waals surface area contributed by atoms with Gasteiger partial charge in [-0.1, -0.05) is 18.2 Å². The number of anilines is 1. The fraction of sp³-hybridized carbons (Fsp3) is 0.500. The third-order valence-electron chi connectivity index (χ3n) is 4.85. The lowest BCUT2D eigenvalue weighted by Gasteiger charge is -2.35. The predicted octanol–water partition coefficient (Wildman–Crippen LogP) is 0.426. The van der Waals surface area contributed by atoms with Crippen molar-refractivity contribution in [3.05, 3.63) is 29.8 Å². The van der Waals surface area contributed by atoms with Crippen LogP contribution in [0.4, 0.5) is 5.69 Å². The maximum Gasteiger partial charge on any atom is 0.230 e. The lowest BCUT2D eigenvalue weighted by molar-refractivity contribution is -0.138. The van der Waals surface area contributed by atoms with Gasteiger partial charge in [-0.15, -0.1) is 0 Å². The van der Waals surface area contributed by atoms with Crippen molar-refractivity contribution in [3.63, 3.8) is 0 Å². The van der Waals surface area contributed by atoms with Crippen molar-refractivity contribution >= 4 is 23.4 Å². The maximum atomic E-state index is 13.0. The Morgan fingerprint density at radius 2 is 2.12 bits per heavy atom. The second kappa shape index (κ2) is 7.65. The summed E-state index contributed by atoms with van der Waals surface area (Å²) >= 11 is 0. The first-order valence-corrected chi connectivity index (χ1v) is 8.75. The highest BCUT2D eigenvalue weighted by atomic mass is 16.2.